The van der Waals surface area contributed by atoms with E-state index >= 15 is 0 Å². The Labute approximate surface area is 246 Å². The summed E-state index contributed by atoms with van der Waals surface area (Å²) in [7, 11) is 3.87. The molecule has 1 aliphatic heterocycles. The first kappa shape index (κ1) is 27.9. The maximum absolute atomic E-state index is 13.5. The molecule has 1 aromatic heterocycles. The maximum atomic E-state index is 13.5. The van der Waals surface area contributed by atoms with Gasteiger partial charge in [-0.3, -0.25) is 14.5 Å². The van der Waals surface area contributed by atoms with Crippen LogP contribution in [-0.2, 0) is 15.3 Å². The number of aromatic nitrogens is 2. The number of Topliss-reactive ketones (excluding diaryl/α,β-unsaturated/α-hetero) is 1. The Bertz CT molecular complexity index is 1630. The van der Waals surface area contributed by atoms with Gasteiger partial charge in [-0.25, -0.2) is 0 Å². The molecule has 7 nitrogen and oxygen atoms in total. The van der Waals surface area contributed by atoms with E-state index in [0.717, 1.165) is 22.4 Å². The predicted octanol–water partition coefficient (Wildman–Crippen LogP) is 6.79. The lowest BCUT2D eigenvalue weighted by molar-refractivity contribution is -0.132. The van der Waals surface area contributed by atoms with Crippen LogP contribution in [0.1, 0.15) is 33.9 Å². The molecule has 2 heterocycles. The Balaban J connectivity index is 1.58. The molecule has 1 fully saturated rings. The van der Waals surface area contributed by atoms with Crippen LogP contribution in [0, 0.1) is 13.8 Å². The molecular weight excluding hydrogens is 564 g/mol. The molecule has 10 heteroatoms. The molecule has 1 unspecified atom stereocenters. The zero-order valence-corrected chi connectivity index (χ0v) is 24.8. The third-order valence-electron chi connectivity index (χ3n) is 6.73. The Morgan fingerprint density at radius 2 is 1.77 bits per heavy atom. The second kappa shape index (κ2) is 11.4. The van der Waals surface area contributed by atoms with E-state index in [1.54, 1.807) is 0 Å². The van der Waals surface area contributed by atoms with Crippen molar-refractivity contribution in [2.45, 2.75) is 30.0 Å². The Hall–Kier alpha value is -3.66. The average molecular weight is 591 g/mol. The number of hydrogen-bond acceptors (Lipinski definition) is 8. The molecule has 5 rings (SSSR count). The summed E-state index contributed by atoms with van der Waals surface area (Å²) in [5.41, 5.74) is 4.86. The van der Waals surface area contributed by atoms with Crippen molar-refractivity contribution in [1.82, 2.24) is 10.2 Å². The second-order valence-electron chi connectivity index (χ2n) is 9.70. The highest BCUT2D eigenvalue weighted by Crippen LogP contribution is 2.44. The summed E-state index contributed by atoms with van der Waals surface area (Å²) in [4.78, 5) is 30.4. The van der Waals surface area contributed by atoms with Crippen LogP contribution in [0.2, 0.25) is 5.02 Å². The van der Waals surface area contributed by atoms with Gasteiger partial charge >= 0.3 is 5.91 Å². The van der Waals surface area contributed by atoms with Crippen molar-refractivity contribution in [1.29, 1.82) is 0 Å². The van der Waals surface area contributed by atoms with E-state index in [9.17, 15) is 14.7 Å². The van der Waals surface area contributed by atoms with Crippen LogP contribution in [-0.4, -0.2) is 41.1 Å². The number of hydrogen-bond donors (Lipinski definition) is 1. The van der Waals surface area contributed by atoms with E-state index in [1.165, 1.54) is 28.0 Å². The van der Waals surface area contributed by atoms with Gasteiger partial charge in [-0.1, -0.05) is 82.7 Å². The SMILES string of the molecule is Cc1ccc(C)c(C(O)=C2C(=O)C(=O)N(c3nnc(SCc4ccccc4Cl)s3)C2c2ccc(N(C)C)cc2)c1. The molecule has 0 aliphatic carbocycles. The van der Waals surface area contributed by atoms with E-state index in [0.29, 0.717) is 26.2 Å². The Morgan fingerprint density at radius 1 is 1.05 bits per heavy atom. The van der Waals surface area contributed by atoms with Crippen LogP contribution in [0.3, 0.4) is 0 Å². The summed E-state index contributed by atoms with van der Waals surface area (Å²) in [6.45, 7) is 3.77. The highest BCUT2D eigenvalue weighted by atomic mass is 35.5. The molecule has 3 aromatic carbocycles. The summed E-state index contributed by atoms with van der Waals surface area (Å²) in [6, 6.07) is 19.9. The third kappa shape index (κ3) is 5.37. The van der Waals surface area contributed by atoms with Gasteiger partial charge in [0, 0.05) is 36.1 Å². The van der Waals surface area contributed by atoms with Gasteiger partial charge in [0.15, 0.2) is 4.34 Å². The monoisotopic (exact) mass is 590 g/mol. The lowest BCUT2D eigenvalue weighted by Gasteiger charge is -2.23. The lowest BCUT2D eigenvalue weighted by Crippen LogP contribution is -2.29. The van der Waals surface area contributed by atoms with E-state index in [1.807, 2.05) is 99.6 Å². The molecule has 4 aromatic rings. The van der Waals surface area contributed by atoms with Crippen LogP contribution in [0.15, 0.2) is 76.6 Å². The van der Waals surface area contributed by atoms with Crippen molar-refractivity contribution in [2.24, 2.45) is 0 Å². The fourth-order valence-corrected chi connectivity index (χ4v) is 6.70. The summed E-state index contributed by atoms with van der Waals surface area (Å²) in [6.07, 6.45) is 0. The van der Waals surface area contributed by atoms with E-state index in [4.69, 9.17) is 11.6 Å². The number of thioether (sulfide) groups is 1. The number of carbonyl (C=O) groups excluding carboxylic acids is 2. The molecule has 0 saturated carbocycles. The molecule has 1 saturated heterocycles. The maximum Gasteiger partial charge on any atom is 0.301 e. The second-order valence-corrected chi connectivity index (χ2v) is 12.3. The van der Waals surface area contributed by atoms with Crippen LogP contribution in [0.25, 0.3) is 5.76 Å². The fraction of sp³-hybridized carbons (Fsp3) is 0.200. The quantitative estimate of drug-likeness (QED) is 0.0833. The number of ketones is 1. The zero-order chi connectivity index (χ0) is 28.6. The summed E-state index contributed by atoms with van der Waals surface area (Å²) < 4.78 is 0.632. The first-order valence-corrected chi connectivity index (χ1v) is 14.7. The molecule has 0 spiro atoms. The van der Waals surface area contributed by atoms with Crippen LogP contribution in [0.5, 0.6) is 0 Å². The number of amides is 1. The van der Waals surface area contributed by atoms with Gasteiger partial charge in [-0.15, -0.1) is 10.2 Å². The molecule has 1 aliphatic rings. The molecule has 1 N–H and O–H groups in total. The van der Waals surface area contributed by atoms with Crippen molar-refractivity contribution in [2.75, 3.05) is 23.9 Å². The molecule has 204 valence electrons. The number of aliphatic hydroxyl groups excluding tert-OH is 1. The summed E-state index contributed by atoms with van der Waals surface area (Å²) in [5.74, 6) is -1.15. The predicted molar refractivity (Wildman–Crippen MR) is 162 cm³/mol. The van der Waals surface area contributed by atoms with Crippen molar-refractivity contribution < 1.29 is 14.7 Å². The molecule has 1 amide bonds. The standard InChI is InChI=1S/C30H27ClN4O3S2/c1-17-9-10-18(2)22(15-17)26(36)24-25(19-11-13-21(14-12-19)34(3)4)35(28(38)27(24)37)29-32-33-30(40-29)39-16-20-7-5-6-8-23(20)31/h5-15,25,36H,16H2,1-4H3. The zero-order valence-electron chi connectivity index (χ0n) is 22.4. The number of rotatable bonds is 7. The minimum absolute atomic E-state index is 0.0248. The van der Waals surface area contributed by atoms with Gasteiger partial charge in [0.1, 0.15) is 5.76 Å². The molecule has 0 radical (unpaired) electrons. The number of carbonyl (C=O) groups is 2. The van der Waals surface area contributed by atoms with Crippen molar-refractivity contribution >= 4 is 63.0 Å². The fourth-order valence-electron chi connectivity index (χ4n) is 4.55. The van der Waals surface area contributed by atoms with Crippen LogP contribution in [0.4, 0.5) is 10.8 Å². The van der Waals surface area contributed by atoms with Crippen LogP contribution >= 0.6 is 34.7 Å². The van der Waals surface area contributed by atoms with Gasteiger partial charge in [0.25, 0.3) is 5.78 Å². The number of nitrogens with zero attached hydrogens (tertiary/aromatic N) is 4. The third-order valence-corrected chi connectivity index (χ3v) is 9.20. The number of aliphatic hydroxyl groups is 1. The topological polar surface area (TPSA) is 86.6 Å². The minimum atomic E-state index is -0.870. The Kier molecular flexibility index (Phi) is 7.98. The van der Waals surface area contributed by atoms with Crippen molar-refractivity contribution in [3.05, 3.63) is 105 Å². The van der Waals surface area contributed by atoms with Gasteiger partial charge < -0.3 is 10.0 Å². The van der Waals surface area contributed by atoms with E-state index in [2.05, 4.69) is 10.2 Å². The number of anilines is 2. The minimum Gasteiger partial charge on any atom is -0.507 e. The highest BCUT2D eigenvalue weighted by molar-refractivity contribution is 8.00. The van der Waals surface area contributed by atoms with Gasteiger partial charge in [0.2, 0.25) is 5.13 Å². The smallest absolute Gasteiger partial charge is 0.301 e. The van der Waals surface area contributed by atoms with E-state index in [-0.39, 0.29) is 16.5 Å². The molecule has 1 atom stereocenters. The van der Waals surface area contributed by atoms with Gasteiger partial charge in [-0.2, -0.15) is 0 Å². The van der Waals surface area contributed by atoms with Gasteiger partial charge in [0.05, 0.1) is 11.6 Å². The largest absolute Gasteiger partial charge is 0.507 e. The molecule has 40 heavy (non-hydrogen) atoms. The number of halogens is 1. The summed E-state index contributed by atoms with van der Waals surface area (Å²) in [5, 5.41) is 21.0. The average Bonchev–Trinajstić information content (AvgIpc) is 3.51. The summed E-state index contributed by atoms with van der Waals surface area (Å²) >= 11 is 8.97. The van der Waals surface area contributed by atoms with Crippen molar-refractivity contribution in [3.63, 3.8) is 0 Å². The lowest BCUT2D eigenvalue weighted by atomic mass is 9.93. The first-order chi connectivity index (χ1) is 19.2. The van der Waals surface area contributed by atoms with E-state index < -0.39 is 17.7 Å². The number of benzene rings is 3. The molecule has 0 bridgehead atoms. The van der Waals surface area contributed by atoms with Crippen LogP contribution < -0.4 is 9.80 Å². The highest BCUT2D eigenvalue weighted by Gasteiger charge is 2.48. The van der Waals surface area contributed by atoms with Crippen molar-refractivity contribution in [3.8, 4) is 0 Å². The Morgan fingerprint density at radius 3 is 2.48 bits per heavy atom. The number of aryl methyl sites for hydroxylation is 2. The van der Waals surface area contributed by atoms with Gasteiger partial charge in [-0.05, 0) is 54.8 Å². The normalized spacial score (nSPS) is 16.5. The first-order valence-electron chi connectivity index (χ1n) is 12.5. The molecular formula is C30H27ClN4O3S2.